The second kappa shape index (κ2) is 9.16. The molecule has 0 heterocycles. The molecule has 1 unspecified atom stereocenters. The predicted molar refractivity (Wildman–Crippen MR) is 87.1 cm³/mol. The van der Waals surface area contributed by atoms with Crippen molar-refractivity contribution in [1.82, 2.24) is 5.32 Å². The fourth-order valence-corrected chi connectivity index (χ4v) is 2.30. The minimum Gasteiger partial charge on any atom is -0.382 e. The number of hydrogen-bond donors (Lipinski definition) is 1. The van der Waals surface area contributed by atoms with Crippen LogP contribution in [0.3, 0.4) is 0 Å². The number of rotatable bonds is 9. The summed E-state index contributed by atoms with van der Waals surface area (Å²) in [7, 11) is 0. The van der Waals surface area contributed by atoms with E-state index in [9.17, 15) is 4.39 Å². The van der Waals surface area contributed by atoms with Gasteiger partial charge in [-0.15, -0.1) is 0 Å². The Morgan fingerprint density at radius 2 is 1.86 bits per heavy atom. The molecule has 120 valence electrons. The van der Waals surface area contributed by atoms with Crippen LogP contribution in [-0.4, -0.2) is 25.3 Å². The lowest BCUT2D eigenvalue weighted by Crippen LogP contribution is -2.39. The summed E-state index contributed by atoms with van der Waals surface area (Å²) in [6.07, 6.45) is 3.18. The first-order valence-electron chi connectivity index (χ1n) is 7.98. The van der Waals surface area contributed by atoms with Crippen molar-refractivity contribution in [2.45, 2.75) is 52.5 Å². The maximum absolute atomic E-state index is 13.0. The number of ether oxygens (including phenoxy) is 1. The van der Waals surface area contributed by atoms with Gasteiger partial charge in [0, 0.05) is 18.8 Å². The lowest BCUT2D eigenvalue weighted by Gasteiger charge is -2.25. The summed E-state index contributed by atoms with van der Waals surface area (Å²) >= 11 is 0. The number of halogens is 1. The molecule has 0 aliphatic rings. The number of nitrogens with one attached hydrogen (secondary N) is 1. The Morgan fingerprint density at radius 3 is 2.43 bits per heavy atom. The zero-order chi connectivity index (χ0) is 15.7. The molecule has 0 radical (unpaired) electrons. The molecule has 0 bridgehead atoms. The third-order valence-electron chi connectivity index (χ3n) is 3.46. The highest BCUT2D eigenvalue weighted by molar-refractivity contribution is 5.16. The van der Waals surface area contributed by atoms with Crippen LogP contribution < -0.4 is 5.32 Å². The highest BCUT2D eigenvalue weighted by atomic mass is 19.1. The smallest absolute Gasteiger partial charge is 0.123 e. The van der Waals surface area contributed by atoms with Crippen molar-refractivity contribution in [1.29, 1.82) is 0 Å². The molecule has 0 saturated carbocycles. The molecule has 1 rings (SSSR count). The van der Waals surface area contributed by atoms with Crippen LogP contribution in [0.2, 0.25) is 0 Å². The Hall–Kier alpha value is -0.930. The molecular formula is C18H30FNO. The van der Waals surface area contributed by atoms with Crippen LogP contribution in [0.1, 0.15) is 46.1 Å². The Kier molecular flexibility index (Phi) is 7.91. The van der Waals surface area contributed by atoms with Crippen molar-refractivity contribution in [3.05, 3.63) is 35.6 Å². The average Bonchev–Trinajstić information content (AvgIpc) is 2.42. The van der Waals surface area contributed by atoms with Crippen molar-refractivity contribution in [2.75, 3.05) is 19.8 Å². The number of hydrogen-bond acceptors (Lipinski definition) is 2. The standard InChI is InChI=1S/C18H30FNO/c1-5-21-12-6-7-16(14-20-18(2,3)4)13-15-8-10-17(19)11-9-15/h8-11,16,20H,5-7,12-14H2,1-4H3. The zero-order valence-corrected chi connectivity index (χ0v) is 13.9. The fourth-order valence-electron chi connectivity index (χ4n) is 2.30. The topological polar surface area (TPSA) is 21.3 Å². The largest absolute Gasteiger partial charge is 0.382 e. The summed E-state index contributed by atoms with van der Waals surface area (Å²) in [5.41, 5.74) is 1.33. The van der Waals surface area contributed by atoms with Crippen molar-refractivity contribution >= 4 is 0 Å². The first kappa shape index (κ1) is 18.1. The second-order valence-electron chi connectivity index (χ2n) is 6.67. The van der Waals surface area contributed by atoms with Gasteiger partial charge in [0.25, 0.3) is 0 Å². The highest BCUT2D eigenvalue weighted by Crippen LogP contribution is 2.16. The van der Waals surface area contributed by atoms with E-state index < -0.39 is 0 Å². The van der Waals surface area contributed by atoms with Crippen molar-refractivity contribution in [3.63, 3.8) is 0 Å². The SMILES string of the molecule is CCOCCCC(CNC(C)(C)C)Cc1ccc(F)cc1. The van der Waals surface area contributed by atoms with E-state index >= 15 is 0 Å². The molecule has 1 atom stereocenters. The summed E-state index contributed by atoms with van der Waals surface area (Å²) in [5.74, 6) is 0.384. The Morgan fingerprint density at radius 1 is 1.19 bits per heavy atom. The summed E-state index contributed by atoms with van der Waals surface area (Å²) in [6, 6.07) is 6.87. The molecule has 1 aromatic carbocycles. The van der Waals surface area contributed by atoms with Gasteiger partial charge in [0.15, 0.2) is 0 Å². The molecule has 3 heteroatoms. The van der Waals surface area contributed by atoms with E-state index in [1.165, 1.54) is 5.56 Å². The Balaban J connectivity index is 2.51. The molecule has 0 aliphatic heterocycles. The third-order valence-corrected chi connectivity index (χ3v) is 3.46. The van der Waals surface area contributed by atoms with Crippen molar-refractivity contribution in [2.24, 2.45) is 5.92 Å². The minimum atomic E-state index is -0.167. The minimum absolute atomic E-state index is 0.126. The third kappa shape index (κ3) is 8.84. The van der Waals surface area contributed by atoms with Crippen molar-refractivity contribution < 1.29 is 9.13 Å². The van der Waals surface area contributed by atoms with Crippen LogP contribution in [0, 0.1) is 11.7 Å². The van der Waals surface area contributed by atoms with Gasteiger partial charge >= 0.3 is 0 Å². The van der Waals surface area contributed by atoms with Gasteiger partial charge in [0.05, 0.1) is 0 Å². The highest BCUT2D eigenvalue weighted by Gasteiger charge is 2.15. The van der Waals surface area contributed by atoms with Gasteiger partial charge in [-0.3, -0.25) is 0 Å². The molecule has 21 heavy (non-hydrogen) atoms. The molecule has 2 nitrogen and oxygen atoms in total. The Bertz CT molecular complexity index is 383. The lowest BCUT2D eigenvalue weighted by atomic mass is 9.93. The summed E-state index contributed by atoms with van der Waals surface area (Å²) < 4.78 is 18.4. The van der Waals surface area contributed by atoms with Crippen LogP contribution in [0.4, 0.5) is 4.39 Å². The van der Waals surface area contributed by atoms with Gasteiger partial charge in [0.2, 0.25) is 0 Å². The van der Waals surface area contributed by atoms with E-state index in [1.54, 1.807) is 12.1 Å². The van der Waals surface area contributed by atoms with E-state index in [4.69, 9.17) is 4.74 Å². The Labute approximate surface area is 129 Å². The lowest BCUT2D eigenvalue weighted by molar-refractivity contribution is 0.138. The first-order valence-corrected chi connectivity index (χ1v) is 7.98. The molecule has 0 aromatic heterocycles. The second-order valence-corrected chi connectivity index (χ2v) is 6.67. The van der Waals surface area contributed by atoms with Gasteiger partial charge in [-0.1, -0.05) is 12.1 Å². The number of benzene rings is 1. The summed E-state index contributed by atoms with van der Waals surface area (Å²) in [6.45, 7) is 11.2. The fraction of sp³-hybridized carbons (Fsp3) is 0.667. The van der Waals surface area contributed by atoms with E-state index in [2.05, 4.69) is 26.1 Å². The van der Waals surface area contributed by atoms with Crippen molar-refractivity contribution in [3.8, 4) is 0 Å². The van der Waals surface area contributed by atoms with Gasteiger partial charge in [-0.2, -0.15) is 0 Å². The van der Waals surface area contributed by atoms with E-state index in [0.717, 1.165) is 39.0 Å². The molecule has 1 aromatic rings. The zero-order valence-electron chi connectivity index (χ0n) is 13.9. The summed E-state index contributed by atoms with van der Waals surface area (Å²) in [4.78, 5) is 0. The molecule has 0 fully saturated rings. The molecule has 0 amide bonds. The van der Waals surface area contributed by atoms with Gasteiger partial charge in [-0.25, -0.2) is 4.39 Å². The summed E-state index contributed by atoms with van der Waals surface area (Å²) in [5, 5.41) is 3.58. The van der Waals surface area contributed by atoms with Crippen LogP contribution in [0.25, 0.3) is 0 Å². The monoisotopic (exact) mass is 295 g/mol. The van der Waals surface area contributed by atoms with Gasteiger partial charge in [0.1, 0.15) is 5.82 Å². The molecular weight excluding hydrogens is 265 g/mol. The van der Waals surface area contributed by atoms with Crippen LogP contribution in [0.15, 0.2) is 24.3 Å². The van der Waals surface area contributed by atoms with E-state index in [1.807, 2.05) is 19.1 Å². The predicted octanol–water partition coefficient (Wildman–Crippen LogP) is 4.19. The van der Waals surface area contributed by atoms with Gasteiger partial charge < -0.3 is 10.1 Å². The normalized spacial score (nSPS) is 13.4. The molecule has 1 N–H and O–H groups in total. The molecule has 0 saturated heterocycles. The molecule has 0 aliphatic carbocycles. The van der Waals surface area contributed by atoms with Crippen LogP contribution >= 0.6 is 0 Å². The van der Waals surface area contributed by atoms with Gasteiger partial charge in [-0.05, 0) is 77.1 Å². The maximum atomic E-state index is 13.0. The van der Waals surface area contributed by atoms with E-state index in [-0.39, 0.29) is 11.4 Å². The maximum Gasteiger partial charge on any atom is 0.123 e. The van der Waals surface area contributed by atoms with Crippen LogP contribution in [0.5, 0.6) is 0 Å². The quantitative estimate of drug-likeness (QED) is 0.690. The molecule has 0 spiro atoms. The van der Waals surface area contributed by atoms with Crippen LogP contribution in [-0.2, 0) is 11.2 Å². The first-order chi connectivity index (χ1) is 9.90. The van der Waals surface area contributed by atoms with E-state index in [0.29, 0.717) is 5.92 Å². The average molecular weight is 295 g/mol.